The van der Waals surface area contributed by atoms with Crippen LogP contribution in [0.3, 0.4) is 0 Å². The Bertz CT molecular complexity index is 301. The molecule has 0 aromatic carbocycles. The molecule has 0 aliphatic carbocycles. The first-order valence-electron chi connectivity index (χ1n) is 5.27. The molecule has 0 saturated carbocycles. The summed E-state index contributed by atoms with van der Waals surface area (Å²) in [7, 11) is 0. The Hall–Kier alpha value is -0.160. The molecule has 0 unspecified atom stereocenters. The minimum absolute atomic E-state index is 0. The molecule has 1 aromatic heterocycles. The predicted octanol–water partition coefficient (Wildman–Crippen LogP) is 2.53. The van der Waals surface area contributed by atoms with E-state index in [1.807, 2.05) is 18.3 Å². The smallest absolute Gasteiger partial charge is 0.106 e. The van der Waals surface area contributed by atoms with E-state index in [9.17, 15) is 0 Å². The fourth-order valence-electron chi connectivity index (χ4n) is 1.67. The Balaban J connectivity index is 0.00000128. The summed E-state index contributed by atoms with van der Waals surface area (Å²) in [5.74, 6) is 0. The number of nitrogens with one attached hydrogen (secondary N) is 1. The fourth-order valence-corrected chi connectivity index (χ4v) is 1.90. The molecule has 1 N–H and O–H groups in total. The number of hydrogen-bond donors (Lipinski definition) is 1. The van der Waals surface area contributed by atoms with Crippen molar-refractivity contribution in [2.45, 2.75) is 25.6 Å². The summed E-state index contributed by atoms with van der Waals surface area (Å²) in [5.41, 5.74) is 1.13. The van der Waals surface area contributed by atoms with Crippen LogP contribution in [-0.4, -0.2) is 24.2 Å². The summed E-state index contributed by atoms with van der Waals surface area (Å²) in [4.78, 5) is 4.16. The molecule has 0 spiro atoms. The molecule has 5 heteroatoms. The van der Waals surface area contributed by atoms with Gasteiger partial charge in [0.15, 0.2) is 0 Å². The molecule has 90 valence electrons. The van der Waals surface area contributed by atoms with Crippen molar-refractivity contribution in [1.82, 2.24) is 10.3 Å². The first kappa shape index (κ1) is 13.9. The number of halogens is 2. The molecule has 2 heterocycles. The van der Waals surface area contributed by atoms with Crippen LogP contribution in [0.25, 0.3) is 0 Å². The quantitative estimate of drug-likeness (QED) is 0.872. The zero-order chi connectivity index (χ0) is 10.5. The van der Waals surface area contributed by atoms with Gasteiger partial charge in [-0.3, -0.25) is 0 Å². The van der Waals surface area contributed by atoms with E-state index in [1.165, 1.54) is 6.42 Å². The molecule has 1 aliphatic heterocycles. The van der Waals surface area contributed by atoms with Crippen LogP contribution in [0.1, 0.15) is 18.4 Å². The third kappa shape index (κ3) is 4.37. The predicted molar refractivity (Wildman–Crippen MR) is 69.9 cm³/mol. The van der Waals surface area contributed by atoms with Crippen molar-refractivity contribution in [3.8, 4) is 0 Å². The summed E-state index contributed by atoms with van der Waals surface area (Å²) >= 11 is 3.31. The van der Waals surface area contributed by atoms with Gasteiger partial charge in [-0.2, -0.15) is 0 Å². The van der Waals surface area contributed by atoms with E-state index < -0.39 is 0 Å². The van der Waals surface area contributed by atoms with E-state index in [-0.39, 0.29) is 12.4 Å². The van der Waals surface area contributed by atoms with Crippen LogP contribution in [0.2, 0.25) is 0 Å². The van der Waals surface area contributed by atoms with Gasteiger partial charge in [0, 0.05) is 12.7 Å². The number of nitrogens with zero attached hydrogens (tertiary/aromatic N) is 1. The third-order valence-electron chi connectivity index (χ3n) is 2.53. The average Bonchev–Trinajstić information content (AvgIpc) is 2.30. The van der Waals surface area contributed by atoms with Gasteiger partial charge in [0.2, 0.25) is 0 Å². The Labute approximate surface area is 111 Å². The maximum absolute atomic E-state index is 5.79. The van der Waals surface area contributed by atoms with E-state index in [0.717, 1.165) is 29.7 Å². The Morgan fingerprint density at radius 1 is 1.50 bits per heavy atom. The standard InChI is InChI=1S/C11H15BrN2O.ClH/c12-11-4-3-9(6-14-11)8-15-10-2-1-5-13-7-10;/h3-4,6,10,13H,1-2,5,7-8H2;1H/t10-;/m0./s1. The van der Waals surface area contributed by atoms with Crippen LogP contribution in [0.15, 0.2) is 22.9 Å². The van der Waals surface area contributed by atoms with E-state index in [0.29, 0.717) is 12.7 Å². The van der Waals surface area contributed by atoms with Crippen LogP contribution in [-0.2, 0) is 11.3 Å². The molecule has 1 atom stereocenters. The normalized spacial score (nSPS) is 20.2. The van der Waals surface area contributed by atoms with Crippen molar-refractivity contribution in [2.75, 3.05) is 13.1 Å². The molecule has 0 radical (unpaired) electrons. The summed E-state index contributed by atoms with van der Waals surface area (Å²) in [6.07, 6.45) is 4.59. The Morgan fingerprint density at radius 2 is 2.38 bits per heavy atom. The molecule has 1 saturated heterocycles. The SMILES string of the molecule is Brc1ccc(CO[C@H]2CCCNC2)cn1.Cl. The molecule has 1 fully saturated rings. The summed E-state index contributed by atoms with van der Waals surface area (Å²) < 4.78 is 6.66. The zero-order valence-electron chi connectivity index (χ0n) is 8.99. The minimum atomic E-state index is 0. The summed E-state index contributed by atoms with van der Waals surface area (Å²) in [6, 6.07) is 3.98. The topological polar surface area (TPSA) is 34.1 Å². The van der Waals surface area contributed by atoms with Crippen LogP contribution in [0.4, 0.5) is 0 Å². The maximum Gasteiger partial charge on any atom is 0.106 e. The Morgan fingerprint density at radius 3 is 3.00 bits per heavy atom. The average molecular weight is 308 g/mol. The number of hydrogen-bond acceptors (Lipinski definition) is 3. The monoisotopic (exact) mass is 306 g/mol. The number of pyridine rings is 1. The molecule has 1 aliphatic rings. The molecule has 3 nitrogen and oxygen atoms in total. The van der Waals surface area contributed by atoms with Crippen molar-refractivity contribution >= 4 is 28.3 Å². The molecule has 0 bridgehead atoms. The lowest BCUT2D eigenvalue weighted by Crippen LogP contribution is -2.35. The van der Waals surface area contributed by atoms with Gasteiger partial charge < -0.3 is 10.1 Å². The van der Waals surface area contributed by atoms with Crippen molar-refractivity contribution in [3.05, 3.63) is 28.5 Å². The maximum atomic E-state index is 5.79. The number of ether oxygens (including phenoxy) is 1. The van der Waals surface area contributed by atoms with Crippen molar-refractivity contribution in [2.24, 2.45) is 0 Å². The number of piperidine rings is 1. The summed E-state index contributed by atoms with van der Waals surface area (Å²) in [5, 5.41) is 3.33. The first-order chi connectivity index (χ1) is 7.34. The lowest BCUT2D eigenvalue weighted by molar-refractivity contribution is 0.0251. The third-order valence-corrected chi connectivity index (χ3v) is 3.00. The lowest BCUT2D eigenvalue weighted by Gasteiger charge is -2.22. The number of rotatable bonds is 3. The van der Waals surface area contributed by atoms with Gasteiger partial charge in [-0.15, -0.1) is 12.4 Å². The van der Waals surface area contributed by atoms with Gasteiger partial charge in [0.1, 0.15) is 4.60 Å². The highest BCUT2D eigenvalue weighted by atomic mass is 79.9. The van der Waals surface area contributed by atoms with Gasteiger partial charge in [-0.25, -0.2) is 4.98 Å². The van der Waals surface area contributed by atoms with Gasteiger partial charge in [0.25, 0.3) is 0 Å². The van der Waals surface area contributed by atoms with Crippen LogP contribution >= 0.6 is 28.3 Å². The molecule has 1 aromatic rings. The molecule has 2 rings (SSSR count). The second-order valence-electron chi connectivity index (χ2n) is 3.77. The summed E-state index contributed by atoms with van der Waals surface area (Å²) in [6.45, 7) is 2.76. The van der Waals surface area contributed by atoms with Crippen LogP contribution in [0, 0.1) is 0 Å². The largest absolute Gasteiger partial charge is 0.372 e. The number of aromatic nitrogens is 1. The van der Waals surface area contributed by atoms with E-state index in [1.54, 1.807) is 0 Å². The van der Waals surface area contributed by atoms with E-state index >= 15 is 0 Å². The van der Waals surface area contributed by atoms with E-state index in [4.69, 9.17) is 4.74 Å². The first-order valence-corrected chi connectivity index (χ1v) is 6.06. The van der Waals surface area contributed by atoms with Crippen molar-refractivity contribution in [1.29, 1.82) is 0 Å². The van der Waals surface area contributed by atoms with Gasteiger partial charge in [0.05, 0.1) is 12.7 Å². The zero-order valence-corrected chi connectivity index (χ0v) is 11.4. The Kier molecular flexibility index (Phi) is 6.28. The highest BCUT2D eigenvalue weighted by Crippen LogP contribution is 2.11. The molecule has 16 heavy (non-hydrogen) atoms. The van der Waals surface area contributed by atoms with Crippen LogP contribution < -0.4 is 5.32 Å². The molecule has 0 amide bonds. The van der Waals surface area contributed by atoms with Crippen LogP contribution in [0.5, 0.6) is 0 Å². The highest BCUT2D eigenvalue weighted by Gasteiger charge is 2.12. The minimum Gasteiger partial charge on any atom is -0.372 e. The van der Waals surface area contributed by atoms with Crippen molar-refractivity contribution in [3.63, 3.8) is 0 Å². The van der Waals surface area contributed by atoms with Crippen molar-refractivity contribution < 1.29 is 4.74 Å². The van der Waals surface area contributed by atoms with Gasteiger partial charge >= 0.3 is 0 Å². The van der Waals surface area contributed by atoms with Gasteiger partial charge in [-0.1, -0.05) is 6.07 Å². The van der Waals surface area contributed by atoms with Gasteiger partial charge in [-0.05, 0) is 46.9 Å². The molecular weight excluding hydrogens is 291 g/mol. The second-order valence-corrected chi connectivity index (χ2v) is 4.58. The fraction of sp³-hybridized carbons (Fsp3) is 0.545. The van der Waals surface area contributed by atoms with E-state index in [2.05, 4.69) is 26.2 Å². The second kappa shape index (κ2) is 7.22. The highest BCUT2D eigenvalue weighted by molar-refractivity contribution is 9.10. The molecular formula is C11H16BrClN2O. The lowest BCUT2D eigenvalue weighted by atomic mass is 10.1.